The largest absolute Gasteiger partial charge is 0.494 e. The number of methoxy groups -OCH3 is 1. The number of hydrogen-bond donors (Lipinski definition) is 1. The summed E-state index contributed by atoms with van der Waals surface area (Å²) in [4.78, 5) is 12.6. The number of benzene rings is 3. The summed E-state index contributed by atoms with van der Waals surface area (Å²) in [5.74, 6) is 0.819. The van der Waals surface area contributed by atoms with Crippen LogP contribution in [-0.4, -0.2) is 24.8 Å². The topological polar surface area (TPSA) is 65.0 Å². The molecule has 0 amide bonds. The molecule has 0 saturated heterocycles. The lowest BCUT2D eigenvalue weighted by molar-refractivity contribution is -0.0769. The standard InChI is InChI=1S/C28H34O5/c1-3-4-5-6-7-8-9-18-32-26-17-14-22-19-24(11-10-23(22)20-26)28(30)33-25-15-12-21(13-16-25)27(29)31-2/h10-17,19-20,27,29H,3-9,18H2,1-2H3. The monoisotopic (exact) mass is 450 g/mol. The third-order valence-corrected chi connectivity index (χ3v) is 5.66. The molecule has 5 heteroatoms. The number of rotatable bonds is 13. The van der Waals surface area contributed by atoms with Gasteiger partial charge < -0.3 is 19.3 Å². The quantitative estimate of drug-likeness (QED) is 0.134. The second-order valence-electron chi connectivity index (χ2n) is 8.24. The Morgan fingerprint density at radius 2 is 1.45 bits per heavy atom. The van der Waals surface area contributed by atoms with Crippen molar-refractivity contribution in [2.45, 2.75) is 58.2 Å². The van der Waals surface area contributed by atoms with Gasteiger partial charge in [0.25, 0.3) is 0 Å². The molecule has 33 heavy (non-hydrogen) atoms. The van der Waals surface area contributed by atoms with E-state index >= 15 is 0 Å². The van der Waals surface area contributed by atoms with Gasteiger partial charge in [0.2, 0.25) is 0 Å². The van der Waals surface area contributed by atoms with E-state index in [1.54, 1.807) is 30.3 Å². The molecule has 1 atom stereocenters. The second-order valence-corrected chi connectivity index (χ2v) is 8.24. The Bertz CT molecular complexity index is 1010. The van der Waals surface area contributed by atoms with Crippen LogP contribution in [0.5, 0.6) is 11.5 Å². The highest BCUT2D eigenvalue weighted by atomic mass is 16.6. The number of hydrogen-bond acceptors (Lipinski definition) is 5. The highest BCUT2D eigenvalue weighted by Gasteiger charge is 2.11. The molecule has 176 valence electrons. The molecule has 5 nitrogen and oxygen atoms in total. The normalized spacial score (nSPS) is 12.0. The summed E-state index contributed by atoms with van der Waals surface area (Å²) in [6.45, 7) is 2.96. The van der Waals surface area contributed by atoms with Gasteiger partial charge in [0.05, 0.1) is 12.2 Å². The number of esters is 1. The van der Waals surface area contributed by atoms with E-state index in [2.05, 4.69) is 6.92 Å². The molecule has 3 rings (SSSR count). The van der Waals surface area contributed by atoms with E-state index in [0.717, 1.165) is 29.5 Å². The van der Waals surface area contributed by atoms with Crippen molar-refractivity contribution in [1.82, 2.24) is 0 Å². The lowest BCUT2D eigenvalue weighted by Crippen LogP contribution is -2.08. The summed E-state index contributed by atoms with van der Waals surface area (Å²) < 4.78 is 16.2. The van der Waals surface area contributed by atoms with Crippen LogP contribution in [0, 0.1) is 0 Å². The van der Waals surface area contributed by atoms with Crippen LogP contribution >= 0.6 is 0 Å². The van der Waals surface area contributed by atoms with Gasteiger partial charge in [-0.3, -0.25) is 0 Å². The number of ether oxygens (including phenoxy) is 3. The average Bonchev–Trinajstić information content (AvgIpc) is 2.85. The molecule has 0 aliphatic heterocycles. The Labute approximate surface area is 196 Å². The zero-order valence-corrected chi connectivity index (χ0v) is 19.6. The Morgan fingerprint density at radius 1 is 0.818 bits per heavy atom. The van der Waals surface area contributed by atoms with Crippen molar-refractivity contribution in [2.24, 2.45) is 0 Å². The first-order valence-electron chi connectivity index (χ1n) is 11.8. The predicted octanol–water partition coefficient (Wildman–Crippen LogP) is 6.83. The first-order chi connectivity index (χ1) is 16.1. The van der Waals surface area contributed by atoms with Gasteiger partial charge in [0.1, 0.15) is 11.5 Å². The molecule has 0 bridgehead atoms. The minimum atomic E-state index is -1.00. The molecule has 0 radical (unpaired) electrons. The molecule has 0 heterocycles. The third-order valence-electron chi connectivity index (χ3n) is 5.66. The summed E-state index contributed by atoms with van der Waals surface area (Å²) in [7, 11) is 1.42. The molecule has 0 spiro atoms. The molecule has 1 unspecified atom stereocenters. The van der Waals surface area contributed by atoms with E-state index in [0.29, 0.717) is 16.9 Å². The Morgan fingerprint density at radius 3 is 2.18 bits per heavy atom. The first-order valence-corrected chi connectivity index (χ1v) is 11.8. The molecule has 0 aromatic heterocycles. The van der Waals surface area contributed by atoms with Crippen LogP contribution in [0.4, 0.5) is 0 Å². The zero-order valence-electron chi connectivity index (χ0n) is 19.6. The fraction of sp³-hybridized carbons (Fsp3) is 0.393. The number of unbranched alkanes of at least 4 members (excludes halogenated alkanes) is 6. The van der Waals surface area contributed by atoms with Gasteiger partial charge in [-0.2, -0.15) is 0 Å². The van der Waals surface area contributed by atoms with Crippen LogP contribution in [0.2, 0.25) is 0 Å². The highest BCUT2D eigenvalue weighted by molar-refractivity contribution is 5.96. The van der Waals surface area contributed by atoms with E-state index < -0.39 is 12.3 Å². The maximum atomic E-state index is 12.6. The lowest BCUT2D eigenvalue weighted by Gasteiger charge is -2.10. The van der Waals surface area contributed by atoms with E-state index in [4.69, 9.17) is 14.2 Å². The maximum absolute atomic E-state index is 12.6. The van der Waals surface area contributed by atoms with Crippen molar-refractivity contribution in [3.05, 3.63) is 71.8 Å². The number of carbonyl (C=O) groups excluding carboxylic acids is 1. The van der Waals surface area contributed by atoms with Crippen molar-refractivity contribution in [3.8, 4) is 11.5 Å². The van der Waals surface area contributed by atoms with Crippen LogP contribution in [0.1, 0.15) is 74.1 Å². The van der Waals surface area contributed by atoms with E-state index in [1.807, 2.05) is 30.3 Å². The van der Waals surface area contributed by atoms with Crippen molar-refractivity contribution < 1.29 is 24.1 Å². The second kappa shape index (κ2) is 13.0. The fourth-order valence-electron chi connectivity index (χ4n) is 3.69. The van der Waals surface area contributed by atoms with Gasteiger partial charge in [-0.05, 0) is 53.6 Å². The smallest absolute Gasteiger partial charge is 0.343 e. The molecule has 0 aliphatic carbocycles. The third kappa shape index (κ3) is 7.58. The summed E-state index contributed by atoms with van der Waals surface area (Å²) in [6.07, 6.45) is 7.82. The van der Waals surface area contributed by atoms with Gasteiger partial charge in [0.15, 0.2) is 6.29 Å². The van der Waals surface area contributed by atoms with Crippen LogP contribution in [-0.2, 0) is 4.74 Å². The average molecular weight is 451 g/mol. The van der Waals surface area contributed by atoms with Crippen molar-refractivity contribution in [1.29, 1.82) is 0 Å². The van der Waals surface area contributed by atoms with Gasteiger partial charge >= 0.3 is 5.97 Å². The zero-order chi connectivity index (χ0) is 23.5. The van der Waals surface area contributed by atoms with Crippen LogP contribution < -0.4 is 9.47 Å². The molecule has 0 aliphatic rings. The Kier molecular flexibility index (Phi) is 9.73. The Hall–Kier alpha value is -2.89. The molecule has 3 aromatic carbocycles. The van der Waals surface area contributed by atoms with Gasteiger partial charge in [-0.15, -0.1) is 0 Å². The van der Waals surface area contributed by atoms with Crippen LogP contribution in [0.25, 0.3) is 10.8 Å². The number of aliphatic hydroxyl groups excluding tert-OH is 1. The van der Waals surface area contributed by atoms with Crippen molar-refractivity contribution >= 4 is 16.7 Å². The molecule has 1 N–H and O–H groups in total. The van der Waals surface area contributed by atoms with Crippen LogP contribution in [0.3, 0.4) is 0 Å². The molecule has 3 aromatic rings. The van der Waals surface area contributed by atoms with Crippen LogP contribution in [0.15, 0.2) is 60.7 Å². The first kappa shape index (κ1) is 24.7. The predicted molar refractivity (Wildman–Crippen MR) is 131 cm³/mol. The minimum absolute atomic E-state index is 0.404. The number of aliphatic hydroxyl groups is 1. The van der Waals surface area contributed by atoms with Crippen molar-refractivity contribution in [3.63, 3.8) is 0 Å². The summed E-state index contributed by atoms with van der Waals surface area (Å²) in [6, 6.07) is 18.0. The summed E-state index contributed by atoms with van der Waals surface area (Å²) >= 11 is 0. The number of carbonyl (C=O) groups is 1. The molecule has 0 fully saturated rings. The van der Waals surface area contributed by atoms with E-state index in [9.17, 15) is 9.90 Å². The summed E-state index contributed by atoms with van der Waals surface area (Å²) in [5, 5.41) is 11.6. The van der Waals surface area contributed by atoms with Crippen molar-refractivity contribution in [2.75, 3.05) is 13.7 Å². The SMILES string of the molecule is CCCCCCCCCOc1ccc2cc(C(=O)Oc3ccc(C(O)OC)cc3)ccc2c1. The van der Waals surface area contributed by atoms with Gasteiger partial charge in [0, 0.05) is 12.7 Å². The minimum Gasteiger partial charge on any atom is -0.494 e. The van der Waals surface area contributed by atoms with E-state index in [1.165, 1.54) is 45.6 Å². The van der Waals surface area contributed by atoms with Gasteiger partial charge in [-0.25, -0.2) is 4.79 Å². The molecular formula is C28H34O5. The maximum Gasteiger partial charge on any atom is 0.343 e. The highest BCUT2D eigenvalue weighted by Crippen LogP contribution is 2.24. The lowest BCUT2D eigenvalue weighted by atomic mass is 10.1. The molecular weight excluding hydrogens is 416 g/mol. The summed E-state index contributed by atoms with van der Waals surface area (Å²) in [5.41, 5.74) is 1.06. The Balaban J connectivity index is 1.52. The van der Waals surface area contributed by atoms with Gasteiger partial charge in [-0.1, -0.05) is 69.7 Å². The molecule has 0 saturated carbocycles. The fourth-order valence-corrected chi connectivity index (χ4v) is 3.69. The van der Waals surface area contributed by atoms with E-state index in [-0.39, 0.29) is 0 Å². The number of fused-ring (bicyclic) bond motifs is 1.